The van der Waals surface area contributed by atoms with E-state index in [0.717, 1.165) is 81.8 Å². The molecule has 0 bridgehead atoms. The minimum atomic E-state index is -4.38. The molecule has 10 heteroatoms. The van der Waals surface area contributed by atoms with Crippen molar-refractivity contribution in [3.8, 4) is 11.3 Å². The zero-order valence-corrected chi connectivity index (χ0v) is 21.2. The van der Waals surface area contributed by atoms with E-state index < -0.39 is 11.7 Å². The molecular weight excluding hydrogens is 479 g/mol. The molecule has 2 fully saturated rings. The molecule has 0 aliphatic carbocycles. The van der Waals surface area contributed by atoms with Gasteiger partial charge in [0.25, 0.3) is 0 Å². The van der Waals surface area contributed by atoms with Gasteiger partial charge in [0, 0.05) is 49.4 Å². The Kier molecular flexibility index (Phi) is 7.37. The van der Waals surface area contributed by atoms with Gasteiger partial charge < -0.3 is 20.1 Å². The third kappa shape index (κ3) is 5.58. The van der Waals surface area contributed by atoms with E-state index in [2.05, 4.69) is 31.3 Å². The molecule has 2 saturated heterocycles. The van der Waals surface area contributed by atoms with Crippen molar-refractivity contribution in [2.45, 2.75) is 57.7 Å². The number of piperidine rings is 1. The number of imidazole rings is 1. The van der Waals surface area contributed by atoms with Gasteiger partial charge in [-0.25, -0.2) is 15.0 Å². The normalized spacial score (nSPS) is 17.6. The first-order chi connectivity index (χ1) is 17.8. The van der Waals surface area contributed by atoms with Crippen LogP contribution in [0.4, 0.5) is 24.8 Å². The first-order valence-electron chi connectivity index (χ1n) is 13.1. The monoisotopic (exact) mass is 513 g/mol. The number of hydrogen-bond donors (Lipinski definition) is 1. The van der Waals surface area contributed by atoms with Crippen LogP contribution in [0.3, 0.4) is 0 Å². The molecule has 0 saturated carbocycles. The molecule has 1 aromatic carbocycles. The van der Waals surface area contributed by atoms with Crippen LogP contribution in [0.25, 0.3) is 11.3 Å². The molecule has 2 aliphatic rings. The fraction of sp³-hybridized carbons (Fsp3) is 0.519. The van der Waals surface area contributed by atoms with E-state index in [1.807, 2.05) is 6.20 Å². The Labute approximate surface area is 215 Å². The Morgan fingerprint density at radius 1 is 1.03 bits per heavy atom. The predicted octanol–water partition coefficient (Wildman–Crippen LogP) is 4.98. The van der Waals surface area contributed by atoms with Crippen molar-refractivity contribution in [3.63, 3.8) is 0 Å². The molecule has 2 aliphatic heterocycles. The Bertz CT molecular complexity index is 1210. The van der Waals surface area contributed by atoms with Gasteiger partial charge in [-0.3, -0.25) is 0 Å². The summed E-state index contributed by atoms with van der Waals surface area (Å²) in [7, 11) is 0. The molecule has 7 nitrogen and oxygen atoms in total. The summed E-state index contributed by atoms with van der Waals surface area (Å²) >= 11 is 0. The van der Waals surface area contributed by atoms with Gasteiger partial charge in [0.15, 0.2) is 0 Å². The fourth-order valence-corrected chi connectivity index (χ4v) is 5.56. The van der Waals surface area contributed by atoms with Gasteiger partial charge in [-0.2, -0.15) is 13.2 Å². The van der Waals surface area contributed by atoms with Crippen molar-refractivity contribution in [3.05, 3.63) is 53.7 Å². The van der Waals surface area contributed by atoms with Crippen molar-refractivity contribution in [2.75, 3.05) is 43.4 Å². The van der Waals surface area contributed by atoms with Gasteiger partial charge in [0.1, 0.15) is 23.8 Å². The van der Waals surface area contributed by atoms with Gasteiger partial charge in [-0.05, 0) is 57.3 Å². The molecular formula is C27H34F3N7. The Morgan fingerprint density at radius 2 is 1.78 bits per heavy atom. The van der Waals surface area contributed by atoms with Crippen LogP contribution in [0, 0.1) is 0 Å². The maximum atomic E-state index is 13.4. The summed E-state index contributed by atoms with van der Waals surface area (Å²) in [6, 6.07) is 5.47. The molecule has 2 aromatic heterocycles. The van der Waals surface area contributed by atoms with Crippen molar-refractivity contribution >= 4 is 11.6 Å². The van der Waals surface area contributed by atoms with Gasteiger partial charge >= 0.3 is 6.18 Å². The zero-order valence-electron chi connectivity index (χ0n) is 21.2. The first kappa shape index (κ1) is 25.5. The lowest BCUT2D eigenvalue weighted by molar-refractivity contribution is -0.137. The van der Waals surface area contributed by atoms with E-state index in [-0.39, 0.29) is 5.92 Å². The standard InChI is InChI=1S/C27H34F3N7/c1-2-22-24(31)32-18-33-26(22)36-12-8-19(9-13-36)25-34-23(17-37(25)15-14-35-10-3-4-11-35)20-6-5-7-21(16-20)27(28,29)30/h5-7,16-19H,2-4,8-15H2,1H3,(H2,31,32,33). The van der Waals surface area contributed by atoms with Crippen LogP contribution in [0.15, 0.2) is 36.8 Å². The third-order valence-corrected chi connectivity index (χ3v) is 7.62. The number of hydrogen-bond acceptors (Lipinski definition) is 6. The highest BCUT2D eigenvalue weighted by Gasteiger charge is 2.31. The fourth-order valence-electron chi connectivity index (χ4n) is 5.56. The second kappa shape index (κ2) is 10.7. The second-order valence-electron chi connectivity index (χ2n) is 9.98. The molecule has 37 heavy (non-hydrogen) atoms. The van der Waals surface area contributed by atoms with E-state index in [1.54, 1.807) is 6.07 Å². The highest BCUT2D eigenvalue weighted by atomic mass is 19.4. The summed E-state index contributed by atoms with van der Waals surface area (Å²) in [6.45, 7) is 7.58. The molecule has 0 atom stereocenters. The van der Waals surface area contributed by atoms with Crippen LogP contribution in [0.2, 0.25) is 0 Å². The summed E-state index contributed by atoms with van der Waals surface area (Å²) in [5.74, 6) is 2.61. The maximum Gasteiger partial charge on any atom is 0.416 e. The predicted molar refractivity (Wildman–Crippen MR) is 138 cm³/mol. The second-order valence-corrected chi connectivity index (χ2v) is 9.98. The SMILES string of the molecule is CCc1c(N)ncnc1N1CCC(c2nc(-c3cccc(C(F)(F)F)c3)cn2CCN2CCCC2)CC1. The lowest BCUT2D eigenvalue weighted by Gasteiger charge is -2.34. The topological polar surface area (TPSA) is 76.1 Å². The van der Waals surface area contributed by atoms with Crippen LogP contribution >= 0.6 is 0 Å². The molecule has 0 radical (unpaired) electrons. The number of nitrogens with zero attached hydrogens (tertiary/aromatic N) is 6. The Hall–Kier alpha value is -3.14. The van der Waals surface area contributed by atoms with E-state index in [1.165, 1.54) is 31.3 Å². The van der Waals surface area contributed by atoms with Crippen molar-refractivity contribution in [1.29, 1.82) is 0 Å². The number of nitrogens with two attached hydrogens (primary N) is 1. The molecule has 0 amide bonds. The van der Waals surface area contributed by atoms with E-state index in [4.69, 9.17) is 10.7 Å². The van der Waals surface area contributed by atoms with Crippen molar-refractivity contribution in [2.24, 2.45) is 0 Å². The van der Waals surface area contributed by atoms with E-state index >= 15 is 0 Å². The van der Waals surface area contributed by atoms with E-state index in [0.29, 0.717) is 17.1 Å². The number of anilines is 2. The lowest BCUT2D eigenvalue weighted by Crippen LogP contribution is -2.35. The van der Waals surface area contributed by atoms with Gasteiger partial charge in [0.2, 0.25) is 0 Å². The van der Waals surface area contributed by atoms with Gasteiger partial charge in [-0.1, -0.05) is 19.1 Å². The molecule has 198 valence electrons. The number of rotatable bonds is 7. The van der Waals surface area contributed by atoms with Crippen molar-refractivity contribution < 1.29 is 13.2 Å². The Morgan fingerprint density at radius 3 is 2.49 bits per heavy atom. The molecule has 5 rings (SSSR count). The smallest absolute Gasteiger partial charge is 0.383 e. The summed E-state index contributed by atoms with van der Waals surface area (Å²) in [6.07, 6.45) is 4.05. The number of nitrogen functional groups attached to an aromatic ring is 1. The summed E-state index contributed by atoms with van der Waals surface area (Å²) in [5.41, 5.74) is 7.51. The van der Waals surface area contributed by atoms with Crippen molar-refractivity contribution in [1.82, 2.24) is 24.4 Å². The minimum absolute atomic E-state index is 0.221. The number of likely N-dealkylation sites (tertiary alicyclic amines) is 1. The minimum Gasteiger partial charge on any atom is -0.383 e. The third-order valence-electron chi connectivity index (χ3n) is 7.62. The summed E-state index contributed by atoms with van der Waals surface area (Å²) in [4.78, 5) is 18.3. The summed E-state index contributed by atoms with van der Waals surface area (Å²) in [5, 5.41) is 0. The lowest BCUT2D eigenvalue weighted by atomic mass is 9.95. The van der Waals surface area contributed by atoms with Gasteiger partial charge in [0.05, 0.1) is 11.3 Å². The number of alkyl halides is 3. The van der Waals surface area contributed by atoms with Crippen LogP contribution < -0.4 is 10.6 Å². The average Bonchev–Trinajstić information content (AvgIpc) is 3.57. The Balaban J connectivity index is 1.39. The van der Waals surface area contributed by atoms with Crippen LogP contribution in [-0.4, -0.2) is 57.1 Å². The zero-order chi connectivity index (χ0) is 26.0. The first-order valence-corrected chi connectivity index (χ1v) is 13.1. The van der Waals surface area contributed by atoms with Crippen LogP contribution in [-0.2, 0) is 19.1 Å². The largest absolute Gasteiger partial charge is 0.416 e. The maximum absolute atomic E-state index is 13.4. The number of aromatic nitrogens is 4. The van der Waals surface area contributed by atoms with Crippen LogP contribution in [0.1, 0.15) is 55.5 Å². The average molecular weight is 514 g/mol. The molecule has 3 aromatic rings. The quantitative estimate of drug-likeness (QED) is 0.480. The molecule has 4 heterocycles. The molecule has 0 unspecified atom stereocenters. The van der Waals surface area contributed by atoms with Gasteiger partial charge in [-0.15, -0.1) is 0 Å². The highest BCUT2D eigenvalue weighted by molar-refractivity contribution is 5.60. The number of benzene rings is 1. The van der Waals surface area contributed by atoms with E-state index in [9.17, 15) is 13.2 Å². The molecule has 0 spiro atoms. The molecule has 2 N–H and O–H groups in total. The highest BCUT2D eigenvalue weighted by Crippen LogP contribution is 2.35. The number of halogens is 3. The summed E-state index contributed by atoms with van der Waals surface area (Å²) < 4.78 is 42.2. The van der Waals surface area contributed by atoms with Crippen LogP contribution in [0.5, 0.6) is 0 Å².